The van der Waals surface area contributed by atoms with Crippen molar-refractivity contribution in [1.82, 2.24) is 4.57 Å². The summed E-state index contributed by atoms with van der Waals surface area (Å²) in [6.07, 6.45) is 3.82. The maximum atomic E-state index is 8.68. The van der Waals surface area contributed by atoms with Gasteiger partial charge < -0.3 is 5.11 Å². The smallest absolute Gasteiger partial charge is 0.376 e. The van der Waals surface area contributed by atoms with E-state index in [1.54, 1.807) is 0 Å². The van der Waals surface area contributed by atoms with Gasteiger partial charge in [0, 0.05) is 0 Å². The van der Waals surface area contributed by atoms with Crippen molar-refractivity contribution in [3.8, 4) is 0 Å². The van der Waals surface area contributed by atoms with Crippen molar-refractivity contribution in [2.24, 2.45) is 19.9 Å². The standard InChI is InChI=1S/C7H15N4O/c1-9-3-4-10(2)7(9)11(8)5-6-12/h3-4,12H,5-6,8H2,1-2H3/q+1. The number of aliphatic hydroxyl groups is 1. The lowest BCUT2D eigenvalue weighted by Crippen LogP contribution is -2.44. The molecule has 0 atom stereocenters. The van der Waals surface area contributed by atoms with Crippen molar-refractivity contribution >= 4 is 5.95 Å². The molecule has 0 radical (unpaired) electrons. The summed E-state index contributed by atoms with van der Waals surface area (Å²) in [5.41, 5.74) is 0. The van der Waals surface area contributed by atoms with Gasteiger partial charge >= 0.3 is 5.95 Å². The van der Waals surface area contributed by atoms with E-state index in [1.165, 1.54) is 5.01 Å². The Morgan fingerprint density at radius 1 is 1.75 bits per heavy atom. The second kappa shape index (κ2) is 3.55. The molecule has 0 aliphatic heterocycles. The van der Waals surface area contributed by atoms with E-state index in [1.807, 2.05) is 35.6 Å². The average molecular weight is 171 g/mol. The van der Waals surface area contributed by atoms with Crippen molar-refractivity contribution in [1.29, 1.82) is 0 Å². The lowest BCUT2D eigenvalue weighted by molar-refractivity contribution is -0.658. The van der Waals surface area contributed by atoms with Gasteiger partial charge in [0.05, 0.1) is 33.1 Å². The van der Waals surface area contributed by atoms with Crippen molar-refractivity contribution < 1.29 is 9.67 Å². The molecule has 5 nitrogen and oxygen atoms in total. The molecule has 1 rings (SSSR count). The van der Waals surface area contributed by atoms with Gasteiger partial charge in [0.1, 0.15) is 6.54 Å². The van der Waals surface area contributed by atoms with Gasteiger partial charge in [-0.25, -0.2) is 9.13 Å². The summed E-state index contributed by atoms with van der Waals surface area (Å²) in [4.78, 5) is 0. The van der Waals surface area contributed by atoms with Gasteiger partial charge in [-0.1, -0.05) is 0 Å². The summed E-state index contributed by atoms with van der Waals surface area (Å²) < 4.78 is 3.80. The molecule has 0 spiro atoms. The van der Waals surface area contributed by atoms with Crippen LogP contribution in [0.2, 0.25) is 0 Å². The number of imidazole rings is 1. The minimum atomic E-state index is 0.0572. The van der Waals surface area contributed by atoms with Gasteiger partial charge in [-0.15, -0.1) is 0 Å². The number of aromatic nitrogens is 2. The maximum Gasteiger partial charge on any atom is 0.376 e. The molecule has 1 heterocycles. The molecule has 68 valence electrons. The van der Waals surface area contributed by atoms with Crippen molar-refractivity contribution in [2.45, 2.75) is 0 Å². The van der Waals surface area contributed by atoms with Gasteiger partial charge in [-0.3, -0.25) is 0 Å². The predicted octanol–water partition coefficient (Wildman–Crippen LogP) is -1.48. The summed E-state index contributed by atoms with van der Waals surface area (Å²) in [6, 6.07) is 0. The van der Waals surface area contributed by atoms with Crippen LogP contribution in [-0.2, 0) is 14.1 Å². The Morgan fingerprint density at radius 2 is 2.42 bits per heavy atom. The molecule has 0 saturated heterocycles. The number of aliphatic hydroxyl groups excluding tert-OH is 1. The number of nitrogens with two attached hydrogens (primary N) is 1. The number of aryl methyl sites for hydroxylation is 2. The van der Waals surface area contributed by atoms with Crippen LogP contribution in [0.15, 0.2) is 12.4 Å². The van der Waals surface area contributed by atoms with Gasteiger partial charge in [-0.05, 0) is 0 Å². The van der Waals surface area contributed by atoms with E-state index >= 15 is 0 Å². The third kappa shape index (κ3) is 1.57. The summed E-state index contributed by atoms with van der Waals surface area (Å²) in [7, 11) is 3.82. The molecule has 0 bridgehead atoms. The Hall–Kier alpha value is -1.07. The van der Waals surface area contributed by atoms with E-state index < -0.39 is 0 Å². The predicted molar refractivity (Wildman–Crippen MR) is 45.2 cm³/mol. The molecule has 0 aromatic carbocycles. The molecule has 1 aromatic heterocycles. The third-order valence-corrected chi connectivity index (χ3v) is 1.74. The van der Waals surface area contributed by atoms with E-state index in [0.29, 0.717) is 6.54 Å². The number of nitrogens with zero attached hydrogens (tertiary/aromatic N) is 3. The highest BCUT2D eigenvalue weighted by molar-refractivity contribution is 5.20. The van der Waals surface area contributed by atoms with Gasteiger partial charge in [0.25, 0.3) is 0 Å². The highest BCUT2D eigenvalue weighted by Crippen LogP contribution is 2.01. The summed E-state index contributed by atoms with van der Waals surface area (Å²) >= 11 is 0. The molecule has 0 aliphatic carbocycles. The highest BCUT2D eigenvalue weighted by atomic mass is 16.3. The number of anilines is 1. The number of hydrazine groups is 1. The SMILES string of the molecule is Cn1cc[n+](C)c1N(N)CCO. The van der Waals surface area contributed by atoms with E-state index in [4.69, 9.17) is 10.9 Å². The van der Waals surface area contributed by atoms with Crippen molar-refractivity contribution in [3.05, 3.63) is 12.4 Å². The average Bonchev–Trinajstić information content (AvgIpc) is 2.32. The molecule has 3 N–H and O–H groups in total. The summed E-state index contributed by atoms with van der Waals surface area (Å²) in [6.45, 7) is 0.493. The molecule has 0 fully saturated rings. The molecule has 5 heteroatoms. The first-order valence-electron chi connectivity index (χ1n) is 3.81. The Morgan fingerprint density at radius 3 is 2.83 bits per heavy atom. The van der Waals surface area contributed by atoms with Crippen LogP contribution >= 0.6 is 0 Å². The van der Waals surface area contributed by atoms with Crippen LogP contribution in [0.4, 0.5) is 5.95 Å². The van der Waals surface area contributed by atoms with E-state index in [2.05, 4.69) is 0 Å². The fourth-order valence-electron chi connectivity index (χ4n) is 1.20. The van der Waals surface area contributed by atoms with Crippen LogP contribution in [0.3, 0.4) is 0 Å². The van der Waals surface area contributed by atoms with Crippen LogP contribution in [0.1, 0.15) is 0 Å². The molecule has 1 aromatic rings. The number of hydrogen-bond donors (Lipinski definition) is 2. The minimum Gasteiger partial charge on any atom is -0.393 e. The Labute approximate surface area is 71.6 Å². The van der Waals surface area contributed by atoms with Gasteiger partial charge in [0.15, 0.2) is 0 Å². The first kappa shape index (κ1) is 9.02. The van der Waals surface area contributed by atoms with Crippen LogP contribution in [-0.4, -0.2) is 22.8 Å². The number of hydrogen-bond acceptors (Lipinski definition) is 3. The lowest BCUT2D eigenvalue weighted by atomic mass is 10.6. The Balaban J connectivity index is 2.85. The van der Waals surface area contributed by atoms with E-state index in [-0.39, 0.29) is 6.61 Å². The van der Waals surface area contributed by atoms with Gasteiger partial charge in [0.2, 0.25) is 0 Å². The normalized spacial score (nSPS) is 10.3. The van der Waals surface area contributed by atoms with Crippen LogP contribution in [0.5, 0.6) is 0 Å². The lowest BCUT2D eigenvalue weighted by Gasteiger charge is -2.10. The highest BCUT2D eigenvalue weighted by Gasteiger charge is 2.16. The zero-order chi connectivity index (χ0) is 9.14. The quantitative estimate of drug-likeness (QED) is 0.331. The molecular formula is C7H15N4O+. The van der Waals surface area contributed by atoms with Crippen molar-refractivity contribution in [2.75, 3.05) is 18.2 Å². The van der Waals surface area contributed by atoms with Crippen LogP contribution < -0.4 is 15.4 Å². The molecular weight excluding hydrogens is 156 g/mol. The monoisotopic (exact) mass is 171 g/mol. The first-order valence-corrected chi connectivity index (χ1v) is 3.81. The van der Waals surface area contributed by atoms with E-state index in [9.17, 15) is 0 Å². The second-order valence-electron chi connectivity index (χ2n) is 2.74. The second-order valence-corrected chi connectivity index (χ2v) is 2.74. The maximum absolute atomic E-state index is 8.68. The first-order chi connectivity index (χ1) is 5.66. The zero-order valence-corrected chi connectivity index (χ0v) is 7.44. The molecule has 0 amide bonds. The molecule has 0 saturated carbocycles. The summed E-state index contributed by atoms with van der Waals surface area (Å²) in [5, 5.41) is 10.2. The van der Waals surface area contributed by atoms with Crippen molar-refractivity contribution in [3.63, 3.8) is 0 Å². The fourth-order valence-corrected chi connectivity index (χ4v) is 1.20. The minimum absolute atomic E-state index is 0.0572. The largest absolute Gasteiger partial charge is 0.393 e. The van der Waals surface area contributed by atoms with E-state index in [0.717, 1.165) is 5.95 Å². The molecule has 0 aliphatic rings. The topological polar surface area (TPSA) is 58.3 Å². The van der Waals surface area contributed by atoms with Crippen LogP contribution in [0.25, 0.3) is 0 Å². The van der Waals surface area contributed by atoms with Crippen LogP contribution in [0, 0.1) is 0 Å². The molecule has 12 heavy (non-hydrogen) atoms. The van der Waals surface area contributed by atoms with Gasteiger partial charge in [-0.2, -0.15) is 10.9 Å². The fraction of sp³-hybridized carbons (Fsp3) is 0.571. The summed E-state index contributed by atoms with van der Waals surface area (Å²) in [5.74, 6) is 6.55. The Bertz CT molecular complexity index is 238. The third-order valence-electron chi connectivity index (χ3n) is 1.74. The zero-order valence-electron chi connectivity index (χ0n) is 7.44. The number of rotatable bonds is 3. The molecule has 0 unspecified atom stereocenters. The Kier molecular flexibility index (Phi) is 2.67.